The van der Waals surface area contributed by atoms with Gasteiger partial charge in [-0.05, 0) is 0 Å². The Labute approximate surface area is 226 Å². The Hall–Kier alpha value is -4.11. The van der Waals surface area contributed by atoms with Gasteiger partial charge in [-0.1, -0.05) is 13.2 Å². The fourth-order valence-corrected chi connectivity index (χ4v) is 2.79. The van der Waals surface area contributed by atoms with Crippen LogP contribution in [0.15, 0.2) is 25.3 Å². The molecule has 0 saturated carbocycles. The fourth-order valence-electron chi connectivity index (χ4n) is 2.79. The number of nitrogens with zero attached hydrogens (tertiary/aromatic N) is 3. The average Bonchev–Trinajstić information content (AvgIpc) is 2.91. The van der Waals surface area contributed by atoms with Crippen molar-refractivity contribution in [3.8, 4) is 0 Å². The molecule has 0 aromatic heterocycles. The highest BCUT2D eigenvalue weighted by Crippen LogP contribution is 2.01. The molecule has 0 rings (SSSR count). The van der Waals surface area contributed by atoms with Crippen LogP contribution in [0.1, 0.15) is 6.92 Å². The van der Waals surface area contributed by atoms with Gasteiger partial charge in [-0.3, -0.25) is 29.0 Å². The summed E-state index contributed by atoms with van der Waals surface area (Å²) in [6.07, 6.45) is 1.07. The molecule has 218 valence electrons. The van der Waals surface area contributed by atoms with E-state index in [0.29, 0.717) is 0 Å². The van der Waals surface area contributed by atoms with Crippen LogP contribution < -0.4 is 0 Å². The molecule has 0 aliphatic heterocycles. The summed E-state index contributed by atoms with van der Waals surface area (Å²) >= 11 is 0. The van der Waals surface area contributed by atoms with E-state index in [1.165, 1.54) is 28.7 Å². The summed E-state index contributed by atoms with van der Waals surface area (Å²) in [5.41, 5.74) is 0. The third-order valence-electron chi connectivity index (χ3n) is 4.72. The molecule has 0 radical (unpaired) electrons. The second-order valence-corrected chi connectivity index (χ2v) is 7.76. The molecule has 0 aliphatic rings. The Morgan fingerprint density at radius 2 is 1.15 bits per heavy atom. The minimum atomic E-state index is -0.782. The third kappa shape index (κ3) is 17.1. The first-order chi connectivity index (χ1) is 18.4. The van der Waals surface area contributed by atoms with Gasteiger partial charge >= 0.3 is 30.0 Å². The van der Waals surface area contributed by atoms with Gasteiger partial charge < -0.3 is 28.6 Å². The average molecular weight is 558 g/mol. The van der Waals surface area contributed by atoms with Crippen molar-refractivity contribution in [2.45, 2.75) is 6.92 Å². The van der Waals surface area contributed by atoms with Gasteiger partial charge in [0.2, 0.25) is 0 Å². The van der Waals surface area contributed by atoms with Crippen LogP contribution in [0.5, 0.6) is 0 Å². The lowest BCUT2D eigenvalue weighted by molar-refractivity contribution is -0.148. The molecule has 15 nitrogen and oxygen atoms in total. The highest BCUT2D eigenvalue weighted by molar-refractivity contribution is 5.88. The van der Waals surface area contributed by atoms with Crippen molar-refractivity contribution in [1.82, 2.24) is 14.7 Å². The molecule has 0 atom stereocenters. The number of ether oxygens (including phenoxy) is 5. The number of esters is 4. The molecule has 0 aliphatic carbocycles. The van der Waals surface area contributed by atoms with E-state index >= 15 is 0 Å². The maximum Gasteiger partial charge on any atom is 0.409 e. The standard InChI is InChI=1S/C24H35N3O12/c1-6-21(31)37-15-19(29)12-25(14-23(33)35-4)8-10-27(24(34)36-5)11-9-26(17-39-18(3)28)13-20(30)16-38-22(32)7-2/h6-7H,1-2,8-17H2,3-5H3. The predicted molar refractivity (Wildman–Crippen MR) is 133 cm³/mol. The molecule has 15 heteroatoms. The summed E-state index contributed by atoms with van der Waals surface area (Å²) < 4.78 is 23.8. The summed E-state index contributed by atoms with van der Waals surface area (Å²) in [6, 6.07) is 0. The molecule has 0 aromatic carbocycles. The largest absolute Gasteiger partial charge is 0.468 e. The number of ketones is 2. The molecule has 1 amide bonds. The maximum absolute atomic E-state index is 12.4. The molecule has 0 unspecified atom stereocenters. The van der Waals surface area contributed by atoms with Crippen molar-refractivity contribution in [1.29, 1.82) is 0 Å². The number of hydrogen-bond donors (Lipinski definition) is 0. The Balaban J connectivity index is 5.31. The SMILES string of the molecule is C=CC(=O)OCC(=O)CN(CCN(CCN(CC(=O)COC(=O)C=C)CC(=O)OC)C(=O)OC)COC(C)=O. The summed E-state index contributed by atoms with van der Waals surface area (Å²) in [7, 11) is 2.33. The van der Waals surface area contributed by atoms with Gasteiger partial charge in [-0.15, -0.1) is 0 Å². The smallest absolute Gasteiger partial charge is 0.409 e. The van der Waals surface area contributed by atoms with E-state index in [1.54, 1.807) is 0 Å². The highest BCUT2D eigenvalue weighted by Gasteiger charge is 2.22. The van der Waals surface area contributed by atoms with Gasteiger partial charge in [-0.25, -0.2) is 14.4 Å². The fraction of sp³-hybridized carbons (Fsp3) is 0.542. The summed E-state index contributed by atoms with van der Waals surface area (Å²) in [5.74, 6) is -3.81. The zero-order valence-electron chi connectivity index (χ0n) is 22.4. The molecule has 0 aromatic rings. The van der Waals surface area contributed by atoms with Crippen LogP contribution in [0.3, 0.4) is 0 Å². The second kappa shape index (κ2) is 19.9. The molecule has 0 spiro atoms. The highest BCUT2D eigenvalue weighted by atomic mass is 16.6. The van der Waals surface area contributed by atoms with Crippen LogP contribution in [0.4, 0.5) is 4.79 Å². The first-order valence-electron chi connectivity index (χ1n) is 11.5. The van der Waals surface area contributed by atoms with Gasteiger partial charge in [0.05, 0.1) is 33.9 Å². The molecular formula is C24H35N3O12. The van der Waals surface area contributed by atoms with Gasteiger partial charge in [0, 0.05) is 45.3 Å². The van der Waals surface area contributed by atoms with Gasteiger partial charge in [0.15, 0.2) is 24.8 Å². The third-order valence-corrected chi connectivity index (χ3v) is 4.72. The second-order valence-electron chi connectivity index (χ2n) is 7.76. The van der Waals surface area contributed by atoms with Crippen molar-refractivity contribution >= 4 is 41.5 Å². The van der Waals surface area contributed by atoms with Crippen LogP contribution >= 0.6 is 0 Å². The van der Waals surface area contributed by atoms with E-state index < -0.39 is 54.8 Å². The Kier molecular flexibility index (Phi) is 17.8. The van der Waals surface area contributed by atoms with E-state index in [2.05, 4.69) is 17.9 Å². The number of hydrogen-bond acceptors (Lipinski definition) is 14. The topological polar surface area (TPSA) is 175 Å². The number of carbonyl (C=O) groups is 7. The number of rotatable bonds is 20. The molecule has 0 fully saturated rings. The molecule has 0 bridgehead atoms. The first kappa shape index (κ1) is 34.9. The summed E-state index contributed by atoms with van der Waals surface area (Å²) in [6.45, 7) is 5.49. The van der Waals surface area contributed by atoms with Crippen LogP contribution in [-0.2, 0) is 52.5 Å². The number of methoxy groups -OCH3 is 2. The van der Waals surface area contributed by atoms with Crippen LogP contribution in [0.2, 0.25) is 0 Å². The van der Waals surface area contributed by atoms with E-state index in [4.69, 9.17) is 18.9 Å². The Morgan fingerprint density at radius 3 is 1.59 bits per heavy atom. The predicted octanol–water partition coefficient (Wildman–Crippen LogP) is -1.05. The van der Waals surface area contributed by atoms with E-state index in [0.717, 1.165) is 19.3 Å². The zero-order chi connectivity index (χ0) is 29.8. The number of amides is 1. The normalized spacial score (nSPS) is 10.3. The van der Waals surface area contributed by atoms with Crippen molar-refractivity contribution in [2.24, 2.45) is 0 Å². The lowest BCUT2D eigenvalue weighted by Crippen LogP contribution is -2.46. The van der Waals surface area contributed by atoms with Gasteiger partial charge in [-0.2, -0.15) is 0 Å². The van der Waals surface area contributed by atoms with E-state index in [1.807, 2.05) is 0 Å². The van der Waals surface area contributed by atoms with Gasteiger partial charge in [0.25, 0.3) is 0 Å². The van der Waals surface area contributed by atoms with E-state index in [9.17, 15) is 33.6 Å². The first-order valence-corrected chi connectivity index (χ1v) is 11.5. The maximum atomic E-state index is 12.4. The van der Waals surface area contributed by atoms with Crippen LogP contribution in [-0.4, -0.2) is 136 Å². The lowest BCUT2D eigenvalue weighted by Gasteiger charge is -2.28. The number of carbonyl (C=O) groups excluding carboxylic acids is 7. The van der Waals surface area contributed by atoms with Crippen LogP contribution in [0, 0.1) is 0 Å². The summed E-state index contributed by atoms with van der Waals surface area (Å²) in [4.78, 5) is 86.3. The minimum Gasteiger partial charge on any atom is -0.468 e. The van der Waals surface area contributed by atoms with E-state index in [-0.39, 0.29) is 52.5 Å². The van der Waals surface area contributed by atoms with Crippen LogP contribution in [0.25, 0.3) is 0 Å². The quantitative estimate of drug-likeness (QED) is 0.0767. The molecule has 0 saturated heterocycles. The molecule has 0 heterocycles. The molecule has 0 N–H and O–H groups in total. The van der Waals surface area contributed by atoms with Crippen molar-refractivity contribution in [3.63, 3.8) is 0 Å². The summed E-state index contributed by atoms with van der Waals surface area (Å²) in [5, 5.41) is 0. The van der Waals surface area contributed by atoms with Crippen molar-refractivity contribution in [2.75, 3.05) is 80.0 Å². The Bertz CT molecular complexity index is 905. The molecular weight excluding hydrogens is 522 g/mol. The Morgan fingerprint density at radius 1 is 0.667 bits per heavy atom. The zero-order valence-corrected chi connectivity index (χ0v) is 22.4. The van der Waals surface area contributed by atoms with Crippen molar-refractivity contribution < 1.29 is 57.2 Å². The van der Waals surface area contributed by atoms with Gasteiger partial charge in [0.1, 0.15) is 6.73 Å². The molecule has 39 heavy (non-hydrogen) atoms. The van der Waals surface area contributed by atoms with Crippen molar-refractivity contribution in [3.05, 3.63) is 25.3 Å². The minimum absolute atomic E-state index is 0.00930. The number of Topliss-reactive ketones (excluding diaryl/α,β-unsaturated/α-hetero) is 2. The monoisotopic (exact) mass is 557 g/mol. The lowest BCUT2D eigenvalue weighted by atomic mass is 10.3.